The highest BCUT2D eigenvalue weighted by molar-refractivity contribution is 7.13. The number of nitrogens with two attached hydrogens (primary N) is 1. The molecule has 84 valence electrons. The molecule has 3 rings (SSSR count). The van der Waals surface area contributed by atoms with Crippen molar-refractivity contribution in [3.05, 3.63) is 41.8 Å². The predicted octanol–water partition coefficient (Wildman–Crippen LogP) is 2.64. The second-order valence-electron chi connectivity index (χ2n) is 3.53. The largest absolute Gasteiger partial charge is 0.308 e. The summed E-state index contributed by atoms with van der Waals surface area (Å²) in [5, 5.41) is 2.93. The van der Waals surface area contributed by atoms with Gasteiger partial charge in [0, 0.05) is 5.39 Å². The number of nitrogen functional groups attached to an aromatic ring is 1. The monoisotopic (exact) mass is 242 g/mol. The van der Waals surface area contributed by atoms with E-state index < -0.39 is 0 Å². The summed E-state index contributed by atoms with van der Waals surface area (Å²) in [6.07, 6.45) is 0. The van der Waals surface area contributed by atoms with Crippen molar-refractivity contribution in [2.45, 2.75) is 0 Å². The van der Waals surface area contributed by atoms with Crippen LogP contribution in [-0.4, -0.2) is 9.97 Å². The minimum atomic E-state index is 0.652. The van der Waals surface area contributed by atoms with Crippen molar-refractivity contribution in [2.75, 3.05) is 5.43 Å². The number of benzene rings is 1. The van der Waals surface area contributed by atoms with E-state index in [2.05, 4.69) is 15.4 Å². The lowest BCUT2D eigenvalue weighted by Crippen LogP contribution is -2.10. The summed E-state index contributed by atoms with van der Waals surface area (Å²) < 4.78 is 0. The Balaban J connectivity index is 2.28. The SMILES string of the molecule is NNc1nc(-c2cccs2)nc2ccccc12. The molecule has 2 aromatic heterocycles. The molecule has 0 fully saturated rings. The van der Waals surface area contributed by atoms with E-state index in [1.807, 2.05) is 41.8 Å². The molecular formula is C12H10N4S. The molecule has 17 heavy (non-hydrogen) atoms. The van der Waals surface area contributed by atoms with E-state index in [0.29, 0.717) is 11.6 Å². The average molecular weight is 242 g/mol. The molecular weight excluding hydrogens is 232 g/mol. The lowest BCUT2D eigenvalue weighted by atomic mass is 10.2. The molecule has 0 radical (unpaired) electrons. The van der Waals surface area contributed by atoms with E-state index in [9.17, 15) is 0 Å². The fourth-order valence-electron chi connectivity index (χ4n) is 1.70. The highest BCUT2D eigenvalue weighted by atomic mass is 32.1. The van der Waals surface area contributed by atoms with Gasteiger partial charge in [0.15, 0.2) is 11.6 Å². The van der Waals surface area contributed by atoms with Crippen molar-refractivity contribution in [3.63, 3.8) is 0 Å². The summed E-state index contributed by atoms with van der Waals surface area (Å²) in [5.74, 6) is 6.85. The van der Waals surface area contributed by atoms with E-state index in [0.717, 1.165) is 15.8 Å². The van der Waals surface area contributed by atoms with Crippen LogP contribution in [0.15, 0.2) is 41.8 Å². The molecule has 1 aromatic carbocycles. The zero-order valence-electron chi connectivity index (χ0n) is 8.92. The molecule has 3 N–H and O–H groups in total. The van der Waals surface area contributed by atoms with Gasteiger partial charge in [0.25, 0.3) is 0 Å². The van der Waals surface area contributed by atoms with Gasteiger partial charge in [-0.3, -0.25) is 0 Å². The Hall–Kier alpha value is -1.98. The van der Waals surface area contributed by atoms with Crippen LogP contribution >= 0.6 is 11.3 Å². The summed E-state index contributed by atoms with van der Waals surface area (Å²) in [6, 6.07) is 11.8. The summed E-state index contributed by atoms with van der Waals surface area (Å²) >= 11 is 1.61. The van der Waals surface area contributed by atoms with Crippen molar-refractivity contribution < 1.29 is 0 Å². The maximum Gasteiger partial charge on any atom is 0.172 e. The standard InChI is InChI=1S/C12H10N4S/c13-16-11-8-4-1-2-5-9(8)14-12(15-11)10-6-3-7-17-10/h1-7H,13H2,(H,14,15,16). The van der Waals surface area contributed by atoms with Gasteiger partial charge in [0.2, 0.25) is 0 Å². The summed E-state index contributed by atoms with van der Waals surface area (Å²) in [6.45, 7) is 0. The van der Waals surface area contributed by atoms with E-state index >= 15 is 0 Å². The number of hydrogen-bond acceptors (Lipinski definition) is 5. The molecule has 0 aliphatic rings. The lowest BCUT2D eigenvalue weighted by molar-refractivity contribution is 1.19. The van der Waals surface area contributed by atoms with Crippen LogP contribution in [0.3, 0.4) is 0 Å². The van der Waals surface area contributed by atoms with Crippen LogP contribution in [0.2, 0.25) is 0 Å². The number of nitrogens with zero attached hydrogens (tertiary/aromatic N) is 2. The van der Waals surface area contributed by atoms with E-state index in [1.165, 1.54) is 0 Å². The first-order chi connectivity index (χ1) is 8.38. The molecule has 4 nitrogen and oxygen atoms in total. The van der Waals surface area contributed by atoms with Gasteiger partial charge in [-0.1, -0.05) is 18.2 Å². The first kappa shape index (κ1) is 10.2. The number of para-hydroxylation sites is 1. The zero-order valence-corrected chi connectivity index (χ0v) is 9.74. The maximum atomic E-state index is 5.50. The van der Waals surface area contributed by atoms with Crippen LogP contribution in [0.5, 0.6) is 0 Å². The van der Waals surface area contributed by atoms with Gasteiger partial charge in [-0.2, -0.15) is 0 Å². The van der Waals surface area contributed by atoms with Gasteiger partial charge < -0.3 is 5.43 Å². The minimum Gasteiger partial charge on any atom is -0.308 e. The molecule has 0 amide bonds. The fraction of sp³-hybridized carbons (Fsp3) is 0. The number of thiophene rings is 1. The number of rotatable bonds is 2. The third-order valence-electron chi connectivity index (χ3n) is 2.48. The van der Waals surface area contributed by atoms with Crippen molar-refractivity contribution in [1.29, 1.82) is 0 Å². The smallest absolute Gasteiger partial charge is 0.172 e. The van der Waals surface area contributed by atoms with Crippen molar-refractivity contribution in [2.24, 2.45) is 5.84 Å². The molecule has 0 aliphatic carbocycles. The maximum absolute atomic E-state index is 5.50. The highest BCUT2D eigenvalue weighted by Gasteiger charge is 2.08. The number of hydrogen-bond donors (Lipinski definition) is 2. The Labute approximate surface area is 102 Å². The fourth-order valence-corrected chi connectivity index (χ4v) is 2.36. The second kappa shape index (κ2) is 4.12. The van der Waals surface area contributed by atoms with Crippen molar-refractivity contribution in [3.8, 4) is 10.7 Å². The quantitative estimate of drug-likeness (QED) is 0.535. The second-order valence-corrected chi connectivity index (χ2v) is 4.48. The molecule has 2 heterocycles. The Morgan fingerprint density at radius 2 is 1.94 bits per heavy atom. The number of aromatic nitrogens is 2. The number of fused-ring (bicyclic) bond motifs is 1. The molecule has 0 saturated carbocycles. The van der Waals surface area contributed by atoms with Crippen LogP contribution in [0.4, 0.5) is 5.82 Å². The molecule has 0 atom stereocenters. The van der Waals surface area contributed by atoms with Crippen molar-refractivity contribution >= 4 is 28.1 Å². The first-order valence-corrected chi connectivity index (χ1v) is 6.04. The van der Waals surface area contributed by atoms with Gasteiger partial charge in [-0.25, -0.2) is 15.8 Å². The number of nitrogens with one attached hydrogen (secondary N) is 1. The third kappa shape index (κ3) is 1.75. The molecule has 0 unspecified atom stereocenters. The molecule has 0 aliphatic heterocycles. The Kier molecular flexibility index (Phi) is 2.47. The summed E-state index contributed by atoms with van der Waals surface area (Å²) in [4.78, 5) is 9.99. The van der Waals surface area contributed by atoms with Crippen LogP contribution in [0, 0.1) is 0 Å². The average Bonchev–Trinajstić information content (AvgIpc) is 2.91. The van der Waals surface area contributed by atoms with Crippen LogP contribution in [0.1, 0.15) is 0 Å². The lowest BCUT2D eigenvalue weighted by Gasteiger charge is -2.06. The summed E-state index contributed by atoms with van der Waals surface area (Å²) in [7, 11) is 0. The third-order valence-corrected chi connectivity index (χ3v) is 3.35. The zero-order chi connectivity index (χ0) is 11.7. The summed E-state index contributed by atoms with van der Waals surface area (Å²) in [5.41, 5.74) is 3.51. The molecule has 3 aromatic rings. The van der Waals surface area contributed by atoms with E-state index in [-0.39, 0.29) is 0 Å². The van der Waals surface area contributed by atoms with Gasteiger partial charge in [-0.05, 0) is 23.6 Å². The minimum absolute atomic E-state index is 0.652. The van der Waals surface area contributed by atoms with Crippen LogP contribution in [-0.2, 0) is 0 Å². The van der Waals surface area contributed by atoms with Gasteiger partial charge in [0.05, 0.1) is 10.4 Å². The van der Waals surface area contributed by atoms with Crippen LogP contribution < -0.4 is 11.3 Å². The molecule has 0 saturated heterocycles. The molecule has 5 heteroatoms. The van der Waals surface area contributed by atoms with Gasteiger partial charge in [0.1, 0.15) is 0 Å². The Morgan fingerprint density at radius 3 is 2.71 bits per heavy atom. The first-order valence-electron chi connectivity index (χ1n) is 5.16. The van der Waals surface area contributed by atoms with E-state index in [4.69, 9.17) is 5.84 Å². The Morgan fingerprint density at radius 1 is 1.06 bits per heavy atom. The van der Waals surface area contributed by atoms with Gasteiger partial charge >= 0.3 is 0 Å². The predicted molar refractivity (Wildman–Crippen MR) is 70.7 cm³/mol. The van der Waals surface area contributed by atoms with E-state index in [1.54, 1.807) is 11.3 Å². The molecule has 0 bridgehead atoms. The molecule has 0 spiro atoms. The Bertz CT molecular complexity index is 649. The van der Waals surface area contributed by atoms with Gasteiger partial charge in [-0.15, -0.1) is 11.3 Å². The topological polar surface area (TPSA) is 63.8 Å². The highest BCUT2D eigenvalue weighted by Crippen LogP contribution is 2.26. The number of anilines is 1. The number of hydrazine groups is 1. The normalized spacial score (nSPS) is 10.6. The van der Waals surface area contributed by atoms with Crippen molar-refractivity contribution in [1.82, 2.24) is 9.97 Å². The van der Waals surface area contributed by atoms with Crippen LogP contribution in [0.25, 0.3) is 21.6 Å².